The smallest absolute Gasteiger partial charge is 0.374 e. The van der Waals surface area contributed by atoms with Crippen molar-refractivity contribution in [1.29, 1.82) is 0 Å². The van der Waals surface area contributed by atoms with Crippen molar-refractivity contribution in [3.8, 4) is 17.1 Å². The second kappa shape index (κ2) is 13.0. The third-order valence-electron chi connectivity index (χ3n) is 7.94. The number of halogens is 9. The SMILES string of the molecule is FC(F)(F)c1ccc2nn(-c3cccc4ccccc34)nc2c1.O=S(=O)(Oc1ccc2ccccc2c1-n1nc2ccc(C(F)(F)F)cc2n1)C(F)(F)F. The molecule has 8 rings (SSSR count). The number of fused-ring (bicyclic) bond motifs is 4. The van der Waals surface area contributed by atoms with Crippen LogP contribution in [-0.2, 0) is 22.5 Å². The average Bonchev–Trinajstić information content (AvgIpc) is 3.74. The van der Waals surface area contributed by atoms with Gasteiger partial charge < -0.3 is 4.18 Å². The van der Waals surface area contributed by atoms with E-state index in [1.807, 2.05) is 42.5 Å². The summed E-state index contributed by atoms with van der Waals surface area (Å²) in [5.41, 5.74) is -6.53. The van der Waals surface area contributed by atoms with Crippen LogP contribution in [-0.4, -0.2) is 43.9 Å². The molecule has 0 radical (unpaired) electrons. The summed E-state index contributed by atoms with van der Waals surface area (Å²) in [4.78, 5) is 2.13. The first-order valence-electron chi connectivity index (χ1n) is 15.3. The quantitative estimate of drug-likeness (QED) is 0.0997. The van der Waals surface area contributed by atoms with E-state index < -0.39 is 44.9 Å². The molecule has 54 heavy (non-hydrogen) atoms. The van der Waals surface area contributed by atoms with Gasteiger partial charge in [0.15, 0.2) is 5.75 Å². The van der Waals surface area contributed by atoms with Crippen LogP contribution < -0.4 is 4.18 Å². The largest absolute Gasteiger partial charge is 0.534 e. The molecule has 2 heterocycles. The van der Waals surface area contributed by atoms with E-state index in [1.54, 1.807) is 12.1 Å². The van der Waals surface area contributed by atoms with Crippen LogP contribution >= 0.6 is 0 Å². The highest BCUT2D eigenvalue weighted by Gasteiger charge is 2.49. The third kappa shape index (κ3) is 6.96. The van der Waals surface area contributed by atoms with E-state index in [2.05, 4.69) is 24.6 Å². The number of aromatic nitrogens is 6. The van der Waals surface area contributed by atoms with Crippen LogP contribution in [0, 0.1) is 0 Å². The Bertz CT molecular complexity index is 2810. The predicted octanol–water partition coefficient (Wildman–Crippen LogP) is 9.41. The van der Waals surface area contributed by atoms with Crippen molar-refractivity contribution in [3.05, 3.63) is 126 Å². The van der Waals surface area contributed by atoms with Gasteiger partial charge in [0.2, 0.25) is 0 Å². The molecule has 0 aliphatic carbocycles. The highest BCUT2D eigenvalue weighted by molar-refractivity contribution is 7.88. The van der Waals surface area contributed by atoms with Crippen LogP contribution in [0.5, 0.6) is 5.75 Å². The van der Waals surface area contributed by atoms with Gasteiger partial charge in [0.1, 0.15) is 27.8 Å². The van der Waals surface area contributed by atoms with Crippen molar-refractivity contribution in [2.75, 3.05) is 0 Å². The number of hydrogen-bond donors (Lipinski definition) is 0. The summed E-state index contributed by atoms with van der Waals surface area (Å²) in [7, 11) is -6.02. The lowest BCUT2D eigenvalue weighted by Crippen LogP contribution is -2.28. The van der Waals surface area contributed by atoms with E-state index in [4.69, 9.17) is 0 Å². The lowest BCUT2D eigenvalue weighted by Gasteiger charge is -2.14. The van der Waals surface area contributed by atoms with Gasteiger partial charge in [0, 0.05) is 10.8 Å². The van der Waals surface area contributed by atoms with E-state index in [0.717, 1.165) is 57.7 Å². The molecule has 0 atom stereocenters. The van der Waals surface area contributed by atoms with Gasteiger partial charge in [0.05, 0.1) is 16.8 Å². The molecule has 0 unspecified atom stereocenters. The summed E-state index contributed by atoms with van der Waals surface area (Å²) in [6, 6.07) is 27.8. The summed E-state index contributed by atoms with van der Waals surface area (Å²) >= 11 is 0. The average molecular weight is 775 g/mol. The molecule has 0 saturated heterocycles. The van der Waals surface area contributed by atoms with Crippen LogP contribution in [0.1, 0.15) is 11.1 Å². The van der Waals surface area contributed by atoms with Gasteiger partial charge in [-0.3, -0.25) is 0 Å². The highest BCUT2D eigenvalue weighted by Crippen LogP contribution is 2.37. The van der Waals surface area contributed by atoms with Gasteiger partial charge in [-0.25, -0.2) is 0 Å². The zero-order valence-electron chi connectivity index (χ0n) is 26.7. The van der Waals surface area contributed by atoms with E-state index in [9.17, 15) is 47.9 Å². The Balaban J connectivity index is 0.000000174. The van der Waals surface area contributed by atoms with Crippen molar-refractivity contribution < 1.29 is 52.1 Å². The van der Waals surface area contributed by atoms with Gasteiger partial charge in [-0.1, -0.05) is 66.7 Å². The lowest BCUT2D eigenvalue weighted by atomic mass is 10.1. The molecule has 0 amide bonds. The topological polar surface area (TPSA) is 105 Å². The minimum Gasteiger partial charge on any atom is -0.374 e. The lowest BCUT2D eigenvalue weighted by molar-refractivity contribution is -0.138. The second-order valence-electron chi connectivity index (χ2n) is 11.5. The first-order chi connectivity index (χ1) is 25.4. The Labute approximate surface area is 296 Å². The van der Waals surface area contributed by atoms with Crippen LogP contribution in [0.15, 0.2) is 115 Å². The van der Waals surface area contributed by atoms with Crippen molar-refractivity contribution in [2.45, 2.75) is 17.9 Å². The molecule has 2 aromatic heterocycles. The summed E-state index contributed by atoms with van der Waals surface area (Å²) in [6.45, 7) is 0. The van der Waals surface area contributed by atoms with Crippen LogP contribution in [0.4, 0.5) is 39.5 Å². The second-order valence-corrected chi connectivity index (χ2v) is 13.0. The molecular weight excluding hydrogens is 755 g/mol. The Hall–Kier alpha value is -6.24. The molecule has 6 aromatic carbocycles. The zero-order valence-corrected chi connectivity index (χ0v) is 27.5. The number of nitrogens with zero attached hydrogens (tertiary/aromatic N) is 6. The summed E-state index contributed by atoms with van der Waals surface area (Å²) in [5.74, 6) is -0.743. The monoisotopic (exact) mass is 774 g/mol. The molecule has 0 bridgehead atoms. The minimum atomic E-state index is -6.02. The fourth-order valence-corrected chi connectivity index (χ4v) is 5.91. The van der Waals surface area contributed by atoms with Crippen molar-refractivity contribution in [1.82, 2.24) is 30.0 Å². The van der Waals surface area contributed by atoms with Crippen LogP contribution in [0.25, 0.3) is 55.0 Å². The Morgan fingerprint density at radius 3 is 1.56 bits per heavy atom. The molecule has 19 heteroatoms. The fraction of sp³-hybridized carbons (Fsp3) is 0.0857. The first kappa shape index (κ1) is 36.1. The van der Waals surface area contributed by atoms with E-state index >= 15 is 0 Å². The van der Waals surface area contributed by atoms with E-state index in [-0.39, 0.29) is 27.6 Å². The van der Waals surface area contributed by atoms with E-state index in [1.165, 1.54) is 29.1 Å². The normalized spacial score (nSPS) is 12.7. The zero-order chi connectivity index (χ0) is 38.6. The van der Waals surface area contributed by atoms with Gasteiger partial charge in [-0.2, -0.15) is 47.9 Å². The summed E-state index contributed by atoms with van der Waals surface area (Å²) in [5, 5.41) is 19.1. The molecule has 0 aliphatic heterocycles. The molecule has 0 saturated carbocycles. The minimum absolute atomic E-state index is 0.00515. The molecule has 0 spiro atoms. The van der Waals surface area contributed by atoms with Crippen LogP contribution in [0.2, 0.25) is 0 Å². The molecule has 0 fully saturated rings. The highest BCUT2D eigenvalue weighted by atomic mass is 32.2. The maximum absolute atomic E-state index is 13.0. The Morgan fingerprint density at radius 1 is 0.500 bits per heavy atom. The van der Waals surface area contributed by atoms with E-state index in [0.29, 0.717) is 10.9 Å². The fourth-order valence-electron chi connectivity index (χ4n) is 5.45. The Morgan fingerprint density at radius 2 is 0.981 bits per heavy atom. The van der Waals surface area contributed by atoms with Crippen molar-refractivity contribution in [3.63, 3.8) is 0 Å². The third-order valence-corrected chi connectivity index (χ3v) is 8.91. The van der Waals surface area contributed by atoms with Gasteiger partial charge >= 0.3 is 28.0 Å². The van der Waals surface area contributed by atoms with Gasteiger partial charge in [-0.15, -0.1) is 30.0 Å². The van der Waals surface area contributed by atoms with Gasteiger partial charge in [-0.05, 0) is 59.3 Å². The summed E-state index contributed by atoms with van der Waals surface area (Å²) in [6.07, 6.45) is -9.04. The molecule has 9 nitrogen and oxygen atoms in total. The molecule has 0 aliphatic rings. The predicted molar refractivity (Wildman–Crippen MR) is 178 cm³/mol. The maximum Gasteiger partial charge on any atom is 0.534 e. The first-order valence-corrected chi connectivity index (χ1v) is 16.7. The molecular formula is C35H19F9N6O3S. The molecule has 276 valence electrons. The number of rotatable bonds is 4. The van der Waals surface area contributed by atoms with Gasteiger partial charge in [0.25, 0.3) is 0 Å². The summed E-state index contributed by atoms with van der Waals surface area (Å²) < 4.78 is 143. The number of benzene rings is 6. The van der Waals surface area contributed by atoms with Crippen molar-refractivity contribution in [2.24, 2.45) is 0 Å². The number of hydrogen-bond acceptors (Lipinski definition) is 7. The molecule has 0 N–H and O–H groups in total. The number of alkyl halides is 9. The Kier molecular flexibility index (Phi) is 8.70. The standard InChI is InChI=1S/C18H9F6N3O3S.C17H10F3N3/c19-17(20,21)11-6-7-13-14(9-11)26-27(25-13)16-12-4-2-1-3-10(12)5-8-15(16)30-31(28,29)18(22,23)24;18-17(19,20)12-8-9-14-15(10-12)22-23(21-14)16-7-3-5-11-4-1-2-6-13(11)16/h1-9H;1-10H. The van der Waals surface area contributed by atoms with Crippen molar-refractivity contribution >= 4 is 53.7 Å². The molecule has 8 aromatic rings. The van der Waals surface area contributed by atoms with Crippen LogP contribution in [0.3, 0.4) is 0 Å². The maximum atomic E-state index is 13.0.